The third-order valence-electron chi connectivity index (χ3n) is 16.7. The molecule has 560 valence electrons. The number of carboxylic acid groups (broad SMARTS) is 1. The molecule has 37 heteroatoms. The summed E-state index contributed by atoms with van der Waals surface area (Å²) in [5.41, 5.74) is 0. The number of aliphatic hydroxyl groups excluding tert-OH is 12. The van der Waals surface area contributed by atoms with Gasteiger partial charge in [0.15, 0.2) is 25.2 Å². The van der Waals surface area contributed by atoms with Crippen molar-refractivity contribution in [3.63, 3.8) is 0 Å². The number of nitrogens with zero attached hydrogens (tertiary/aromatic N) is 1. The van der Waals surface area contributed by atoms with Crippen LogP contribution >= 0.6 is 0 Å². The number of carbonyl (C=O) groups is 8. The van der Waals surface area contributed by atoms with Gasteiger partial charge in [-0.05, 0) is 91.9 Å². The normalized spacial score (nSPS) is 31.1. The van der Waals surface area contributed by atoms with Gasteiger partial charge in [-0.1, -0.05) is 0 Å². The van der Waals surface area contributed by atoms with Crippen molar-refractivity contribution in [2.45, 2.75) is 252 Å². The van der Waals surface area contributed by atoms with Crippen molar-refractivity contribution >= 4 is 47.3 Å². The van der Waals surface area contributed by atoms with Gasteiger partial charge in [0.05, 0.1) is 70.0 Å². The standard InChI is InChI=1S/C60H106N8O29/c1-31-43(76)47(80)51(84)57(94-31)90-25-21-62-38(70)16-6-5-15-37(69)61-19-11-9-13-35(67-39(71)17-7-8-18-42(74)75)55(88)65-20-12-10-14-36(56(89)66-24-28-93-60-54(87)50(83)46(79)34(4)97-60)68(29-40(72)63-22-26-91-58-52(85)48(81)44(77)32(2)95-58)30-41(73)64-23-27-92-59-53(86)49(82)45(78)33(3)96-59/h31-36,43-54,57-60,76-87H,5-30H2,1-4H3,(H,61,69)(H,62,70)(H,63,72)(H,64,73)(H,65,88)(H,66,89)(H,67,71)(H,74,75)/t31-,32-,33-,34-,35?,36?,43+,44+,45+,46+,47+,48+,49+,50+,51-,52-,53-,54-,57+,58+,59+,60+/m0/s1. The summed E-state index contributed by atoms with van der Waals surface area (Å²) in [6.07, 6.45) is -24.7. The van der Waals surface area contributed by atoms with Crippen LogP contribution in [0.5, 0.6) is 0 Å². The molecule has 0 spiro atoms. The Balaban J connectivity index is 1.37. The fourth-order valence-corrected chi connectivity index (χ4v) is 10.7. The monoisotopic (exact) mass is 1400 g/mol. The summed E-state index contributed by atoms with van der Waals surface area (Å²) in [5.74, 6) is -4.90. The summed E-state index contributed by atoms with van der Waals surface area (Å²) in [7, 11) is 0. The van der Waals surface area contributed by atoms with E-state index >= 15 is 0 Å². The lowest BCUT2D eigenvalue weighted by molar-refractivity contribution is -0.292. The molecule has 0 bridgehead atoms. The number of amides is 7. The van der Waals surface area contributed by atoms with Gasteiger partial charge in [-0.2, -0.15) is 0 Å². The highest BCUT2D eigenvalue weighted by Gasteiger charge is 2.46. The quantitative estimate of drug-likeness (QED) is 0.0252. The molecule has 4 fully saturated rings. The van der Waals surface area contributed by atoms with Gasteiger partial charge in [0.25, 0.3) is 0 Å². The molecule has 0 radical (unpaired) electrons. The van der Waals surface area contributed by atoms with Crippen LogP contribution in [0.15, 0.2) is 0 Å². The van der Waals surface area contributed by atoms with Crippen LogP contribution < -0.4 is 37.2 Å². The lowest BCUT2D eigenvalue weighted by Crippen LogP contribution is -2.58. The second kappa shape index (κ2) is 44.2. The van der Waals surface area contributed by atoms with Crippen LogP contribution in [0.1, 0.15) is 118 Å². The molecule has 4 saturated heterocycles. The lowest BCUT2D eigenvalue weighted by Gasteiger charge is -2.39. The highest BCUT2D eigenvalue weighted by atomic mass is 16.7. The minimum Gasteiger partial charge on any atom is -0.481 e. The number of carboxylic acids is 1. The van der Waals surface area contributed by atoms with Crippen molar-refractivity contribution in [3.05, 3.63) is 0 Å². The van der Waals surface area contributed by atoms with Crippen molar-refractivity contribution in [2.24, 2.45) is 0 Å². The first-order valence-corrected chi connectivity index (χ1v) is 33.1. The number of nitrogens with one attached hydrogen (secondary N) is 7. The zero-order chi connectivity index (χ0) is 71.9. The number of unbranched alkanes of at least 4 members (excludes halogenated alkanes) is 4. The topological polar surface area (TPSA) is 561 Å². The summed E-state index contributed by atoms with van der Waals surface area (Å²) < 4.78 is 43.8. The maximum Gasteiger partial charge on any atom is 0.303 e. The summed E-state index contributed by atoms with van der Waals surface area (Å²) in [4.78, 5) is 106. The summed E-state index contributed by atoms with van der Waals surface area (Å²) in [5, 5.41) is 150. The largest absolute Gasteiger partial charge is 0.481 e. The molecule has 4 aliphatic heterocycles. The van der Waals surface area contributed by atoms with E-state index in [0.29, 0.717) is 25.7 Å². The van der Waals surface area contributed by atoms with Gasteiger partial charge < -0.3 is 141 Å². The van der Waals surface area contributed by atoms with Crippen molar-refractivity contribution < 1.29 is 143 Å². The van der Waals surface area contributed by atoms with Crippen LogP contribution in [0.25, 0.3) is 0 Å². The van der Waals surface area contributed by atoms with Gasteiger partial charge in [-0.3, -0.25) is 43.3 Å². The first-order chi connectivity index (χ1) is 46.0. The first-order valence-electron chi connectivity index (χ1n) is 33.1. The molecule has 0 aromatic heterocycles. The molecule has 2 unspecified atom stereocenters. The van der Waals surface area contributed by atoms with Crippen molar-refractivity contribution in [2.75, 3.05) is 78.8 Å². The summed E-state index contributed by atoms with van der Waals surface area (Å²) in [6.45, 7) is 3.31. The van der Waals surface area contributed by atoms with Crippen molar-refractivity contribution in [1.29, 1.82) is 0 Å². The van der Waals surface area contributed by atoms with E-state index in [4.69, 9.17) is 43.0 Å². The highest BCUT2D eigenvalue weighted by Crippen LogP contribution is 2.25. The maximum absolute atomic E-state index is 14.3. The maximum atomic E-state index is 14.3. The van der Waals surface area contributed by atoms with E-state index in [1.807, 2.05) is 0 Å². The Morgan fingerprint density at radius 3 is 1.04 bits per heavy atom. The molecular weight excluding hydrogens is 1300 g/mol. The molecule has 4 heterocycles. The molecule has 97 heavy (non-hydrogen) atoms. The average Bonchev–Trinajstić information content (AvgIpc) is 0.880. The molecule has 22 atom stereocenters. The second-order valence-electron chi connectivity index (χ2n) is 24.5. The molecule has 4 rings (SSSR count). The molecule has 0 saturated carbocycles. The third-order valence-corrected chi connectivity index (χ3v) is 16.7. The molecule has 0 aromatic rings. The van der Waals surface area contributed by atoms with E-state index in [2.05, 4.69) is 37.2 Å². The molecule has 0 aliphatic carbocycles. The second-order valence-corrected chi connectivity index (χ2v) is 24.5. The molecule has 20 N–H and O–H groups in total. The number of hydrogen-bond acceptors (Lipinski definition) is 29. The zero-order valence-corrected chi connectivity index (χ0v) is 55.4. The Labute approximate surface area is 561 Å². The summed E-state index contributed by atoms with van der Waals surface area (Å²) in [6, 6.07) is -2.36. The number of rotatable bonds is 44. The highest BCUT2D eigenvalue weighted by molar-refractivity contribution is 5.88. The van der Waals surface area contributed by atoms with Crippen LogP contribution in [-0.2, 0) is 76.3 Å². The van der Waals surface area contributed by atoms with Crippen LogP contribution in [0.3, 0.4) is 0 Å². The van der Waals surface area contributed by atoms with Gasteiger partial charge in [0.2, 0.25) is 41.4 Å². The van der Waals surface area contributed by atoms with Crippen LogP contribution in [0, 0.1) is 0 Å². The van der Waals surface area contributed by atoms with Crippen LogP contribution in [0.2, 0.25) is 0 Å². The van der Waals surface area contributed by atoms with E-state index < -0.39 is 184 Å². The zero-order valence-electron chi connectivity index (χ0n) is 55.4. The number of aliphatic hydroxyl groups is 12. The number of carbonyl (C=O) groups excluding carboxylic acids is 7. The van der Waals surface area contributed by atoms with Crippen LogP contribution in [0.4, 0.5) is 0 Å². The van der Waals surface area contributed by atoms with Gasteiger partial charge in [0, 0.05) is 65.0 Å². The van der Waals surface area contributed by atoms with Gasteiger partial charge >= 0.3 is 5.97 Å². The van der Waals surface area contributed by atoms with E-state index in [1.54, 1.807) is 0 Å². The predicted octanol–water partition coefficient (Wildman–Crippen LogP) is -8.24. The van der Waals surface area contributed by atoms with Gasteiger partial charge in [-0.25, -0.2) is 0 Å². The minimum absolute atomic E-state index is 0.0113. The first kappa shape index (κ1) is 84.3. The van der Waals surface area contributed by atoms with Crippen LogP contribution in [-0.4, -0.2) is 332 Å². The van der Waals surface area contributed by atoms with Crippen molar-refractivity contribution in [3.8, 4) is 0 Å². The number of aliphatic carboxylic acids is 1. The predicted molar refractivity (Wildman–Crippen MR) is 331 cm³/mol. The number of hydrogen-bond donors (Lipinski definition) is 20. The summed E-state index contributed by atoms with van der Waals surface area (Å²) >= 11 is 0. The number of ether oxygens (including phenoxy) is 8. The molecule has 37 nitrogen and oxygen atoms in total. The Morgan fingerprint density at radius 2 is 0.660 bits per heavy atom. The van der Waals surface area contributed by atoms with E-state index in [9.17, 15) is 99.6 Å². The Morgan fingerprint density at radius 1 is 0.351 bits per heavy atom. The van der Waals surface area contributed by atoms with Crippen molar-refractivity contribution in [1.82, 2.24) is 42.1 Å². The van der Waals surface area contributed by atoms with Gasteiger partial charge in [0.1, 0.15) is 79.3 Å². The van der Waals surface area contributed by atoms with Gasteiger partial charge in [-0.15, -0.1) is 0 Å². The van der Waals surface area contributed by atoms with E-state index in [0.717, 1.165) is 0 Å². The third kappa shape index (κ3) is 29.2. The minimum atomic E-state index is -1.66. The Kier molecular flexibility index (Phi) is 38.5. The Bertz CT molecular complexity index is 2340. The Hall–Kier alpha value is -5.08. The smallest absolute Gasteiger partial charge is 0.303 e. The molecule has 7 amide bonds. The molecule has 4 aliphatic rings. The average molecular weight is 1400 g/mol. The SMILES string of the molecule is C[C@@H]1O[C@@H](OCCNC(=O)CCCCC(=O)NCCCCC(NC(=O)CCCCC(=O)O)C(=O)NCCCCC(C(=O)NCCO[C@@H]2O[C@@H](C)[C@@H](O)[C@@H](O)[C@@H]2O)N(CC(=O)NCCO[C@@H]2O[C@@H](C)[C@@H](O)[C@@H](O)[C@@H]2O)CC(=O)NCCO[C@@H]2O[C@@H](C)[C@@H](O)[C@@H](O)[C@@H]2O)[C@@H](O)[C@H](O)[C@@H]1O. The van der Waals surface area contributed by atoms with E-state index in [1.165, 1.54) is 32.6 Å². The fourth-order valence-electron chi connectivity index (χ4n) is 10.7. The molecule has 0 aromatic carbocycles. The fraction of sp³-hybridized carbons (Fsp3) is 0.867. The molecular formula is C60H106N8O29. The lowest BCUT2D eigenvalue weighted by atomic mass is 10.0. The van der Waals surface area contributed by atoms with E-state index in [-0.39, 0.29) is 142 Å².